The molecule has 0 aliphatic rings. The van der Waals surface area contributed by atoms with Gasteiger partial charge >= 0.3 is 0 Å². The third-order valence-electron chi connectivity index (χ3n) is 5.71. The first-order chi connectivity index (χ1) is 17.6. The molecule has 7 nitrogen and oxygen atoms in total. The summed E-state index contributed by atoms with van der Waals surface area (Å²) in [4.78, 5) is 15.8. The number of ketones is 1. The number of methoxy groups -OCH3 is 4. The van der Waals surface area contributed by atoms with E-state index in [0.717, 1.165) is 27.7 Å². The molecule has 4 rings (SSSR count). The summed E-state index contributed by atoms with van der Waals surface area (Å²) in [6, 6.07) is 17.2. The van der Waals surface area contributed by atoms with Gasteiger partial charge in [0.1, 0.15) is 5.75 Å². The number of anilines is 1. The molecule has 0 spiro atoms. The molecule has 184 valence electrons. The lowest BCUT2D eigenvalue weighted by molar-refractivity contribution is 0.104. The topological polar surface area (TPSA) is 81.8 Å². The summed E-state index contributed by atoms with van der Waals surface area (Å²) in [5.41, 5.74) is 4.10. The predicted molar refractivity (Wildman–Crippen MR) is 143 cm³/mol. The van der Waals surface area contributed by atoms with Crippen LogP contribution in [-0.2, 0) is 0 Å². The van der Waals surface area contributed by atoms with Gasteiger partial charge in [-0.1, -0.05) is 36.4 Å². The fourth-order valence-corrected chi connectivity index (χ4v) is 3.90. The number of fused-ring (bicyclic) bond motifs is 1. The van der Waals surface area contributed by atoms with Crippen molar-refractivity contribution in [2.45, 2.75) is 0 Å². The average molecular weight is 485 g/mol. The van der Waals surface area contributed by atoms with Gasteiger partial charge < -0.3 is 29.2 Å². The van der Waals surface area contributed by atoms with Crippen molar-refractivity contribution in [3.05, 3.63) is 89.8 Å². The number of aromatic nitrogens is 1. The van der Waals surface area contributed by atoms with Crippen LogP contribution in [0.4, 0.5) is 5.69 Å². The standard InChI is InChI=1S/C29H28N2O5/c1-33-26-12-11-19(9-10-20-16-27(34-2)29(36-4)28(17-20)35-3)15-24(26)30-14-13-25(32)22-18-31-23-8-6-5-7-21(22)23/h5-18,30-31H,1-4H3/b10-9?,14-13-. The summed E-state index contributed by atoms with van der Waals surface area (Å²) in [7, 11) is 6.35. The number of carbonyl (C=O) groups is 1. The number of benzene rings is 3. The third kappa shape index (κ3) is 5.20. The number of ether oxygens (including phenoxy) is 4. The minimum absolute atomic E-state index is 0.0997. The summed E-state index contributed by atoms with van der Waals surface area (Å²) < 4.78 is 21.7. The van der Waals surface area contributed by atoms with Gasteiger partial charge in [0.2, 0.25) is 5.75 Å². The molecule has 0 aliphatic heterocycles. The Morgan fingerprint density at radius 1 is 0.806 bits per heavy atom. The van der Waals surface area contributed by atoms with E-state index in [9.17, 15) is 4.79 Å². The van der Waals surface area contributed by atoms with Crippen LogP contribution in [0.25, 0.3) is 23.1 Å². The van der Waals surface area contributed by atoms with Gasteiger partial charge in [-0.05, 0) is 41.5 Å². The second kappa shape index (κ2) is 11.2. The Morgan fingerprint density at radius 2 is 1.50 bits per heavy atom. The van der Waals surface area contributed by atoms with E-state index < -0.39 is 0 Å². The van der Waals surface area contributed by atoms with E-state index in [0.29, 0.717) is 28.6 Å². The minimum Gasteiger partial charge on any atom is -0.495 e. The van der Waals surface area contributed by atoms with E-state index in [4.69, 9.17) is 18.9 Å². The van der Waals surface area contributed by atoms with Gasteiger partial charge in [-0.15, -0.1) is 0 Å². The Morgan fingerprint density at radius 3 is 2.19 bits per heavy atom. The molecule has 1 heterocycles. The molecule has 2 N–H and O–H groups in total. The molecule has 3 aromatic carbocycles. The lowest BCUT2D eigenvalue weighted by Crippen LogP contribution is -1.97. The van der Waals surface area contributed by atoms with Crippen LogP contribution in [0.3, 0.4) is 0 Å². The van der Waals surface area contributed by atoms with E-state index in [1.54, 1.807) is 40.8 Å². The number of nitrogens with one attached hydrogen (secondary N) is 2. The van der Waals surface area contributed by atoms with Gasteiger partial charge in [0.25, 0.3) is 0 Å². The zero-order valence-corrected chi connectivity index (χ0v) is 20.6. The fourth-order valence-electron chi connectivity index (χ4n) is 3.90. The summed E-state index contributed by atoms with van der Waals surface area (Å²) in [5.74, 6) is 2.26. The third-order valence-corrected chi connectivity index (χ3v) is 5.71. The molecule has 0 aliphatic carbocycles. The largest absolute Gasteiger partial charge is 0.495 e. The highest BCUT2D eigenvalue weighted by Crippen LogP contribution is 2.38. The molecule has 0 fully saturated rings. The number of para-hydroxylation sites is 1. The van der Waals surface area contributed by atoms with Crippen LogP contribution in [0, 0.1) is 0 Å². The van der Waals surface area contributed by atoms with Crippen molar-refractivity contribution in [1.82, 2.24) is 4.98 Å². The van der Waals surface area contributed by atoms with Crippen LogP contribution in [0.2, 0.25) is 0 Å². The average Bonchev–Trinajstić information content (AvgIpc) is 3.35. The molecule has 4 aromatic rings. The molecule has 0 saturated heterocycles. The Bertz CT molecular complexity index is 1410. The summed E-state index contributed by atoms with van der Waals surface area (Å²) in [5, 5.41) is 4.06. The maximum Gasteiger partial charge on any atom is 0.203 e. The van der Waals surface area contributed by atoms with Crippen molar-refractivity contribution < 1.29 is 23.7 Å². The molecule has 0 atom stereocenters. The molecule has 36 heavy (non-hydrogen) atoms. The van der Waals surface area contributed by atoms with Crippen molar-refractivity contribution in [2.24, 2.45) is 0 Å². The number of aromatic amines is 1. The second-order valence-corrected chi connectivity index (χ2v) is 7.84. The van der Waals surface area contributed by atoms with Crippen LogP contribution in [-0.4, -0.2) is 39.2 Å². The highest BCUT2D eigenvalue weighted by atomic mass is 16.5. The predicted octanol–water partition coefficient (Wildman–Crippen LogP) is 6.18. The highest BCUT2D eigenvalue weighted by Gasteiger charge is 2.12. The zero-order valence-electron chi connectivity index (χ0n) is 20.6. The van der Waals surface area contributed by atoms with Crippen molar-refractivity contribution in [1.29, 1.82) is 0 Å². The molecule has 0 amide bonds. The molecule has 1 aromatic heterocycles. The number of allylic oxidation sites excluding steroid dienone is 1. The Hall–Kier alpha value is -4.65. The van der Waals surface area contributed by atoms with Crippen LogP contribution >= 0.6 is 0 Å². The van der Waals surface area contributed by atoms with Gasteiger partial charge in [-0.25, -0.2) is 0 Å². The van der Waals surface area contributed by atoms with Crippen molar-refractivity contribution in [2.75, 3.05) is 33.8 Å². The van der Waals surface area contributed by atoms with Crippen molar-refractivity contribution >= 4 is 34.5 Å². The Labute approximate surface area is 210 Å². The number of H-pyrrole nitrogens is 1. The number of rotatable bonds is 10. The quantitative estimate of drug-likeness (QED) is 0.159. The zero-order chi connectivity index (χ0) is 25.5. The number of hydrogen-bond acceptors (Lipinski definition) is 6. The van der Waals surface area contributed by atoms with E-state index in [2.05, 4.69) is 10.3 Å². The van der Waals surface area contributed by atoms with Gasteiger partial charge in [0.15, 0.2) is 17.3 Å². The SMILES string of the molecule is COc1ccc(C=Cc2cc(OC)c(OC)c(OC)c2)cc1N/C=C\C(=O)c1c[nH]c2ccccc12. The van der Waals surface area contributed by atoms with E-state index in [-0.39, 0.29) is 5.78 Å². The first-order valence-corrected chi connectivity index (χ1v) is 11.3. The van der Waals surface area contributed by atoms with E-state index in [1.807, 2.05) is 66.7 Å². The van der Waals surface area contributed by atoms with Gasteiger partial charge in [0.05, 0.1) is 34.1 Å². The molecular formula is C29H28N2O5. The Balaban J connectivity index is 1.53. The molecule has 0 unspecified atom stereocenters. The number of carbonyl (C=O) groups excluding carboxylic acids is 1. The smallest absolute Gasteiger partial charge is 0.203 e. The summed E-state index contributed by atoms with van der Waals surface area (Å²) >= 11 is 0. The fraction of sp³-hybridized carbons (Fsp3) is 0.138. The van der Waals surface area contributed by atoms with E-state index in [1.165, 1.54) is 6.08 Å². The lowest BCUT2D eigenvalue weighted by atomic mass is 10.1. The van der Waals surface area contributed by atoms with Crippen molar-refractivity contribution in [3.8, 4) is 23.0 Å². The molecule has 0 radical (unpaired) electrons. The number of hydrogen-bond donors (Lipinski definition) is 2. The summed E-state index contributed by atoms with van der Waals surface area (Å²) in [6.45, 7) is 0. The maximum absolute atomic E-state index is 12.7. The molecular weight excluding hydrogens is 456 g/mol. The van der Waals surface area contributed by atoms with Crippen LogP contribution in [0.15, 0.2) is 73.1 Å². The second-order valence-electron chi connectivity index (χ2n) is 7.84. The van der Waals surface area contributed by atoms with Gasteiger partial charge in [0, 0.05) is 34.9 Å². The Kier molecular flexibility index (Phi) is 7.60. The minimum atomic E-state index is -0.0997. The van der Waals surface area contributed by atoms with Gasteiger partial charge in [-0.3, -0.25) is 4.79 Å². The van der Waals surface area contributed by atoms with Crippen molar-refractivity contribution in [3.63, 3.8) is 0 Å². The van der Waals surface area contributed by atoms with Crippen LogP contribution < -0.4 is 24.3 Å². The van der Waals surface area contributed by atoms with Crippen LogP contribution in [0.5, 0.6) is 23.0 Å². The molecule has 0 bridgehead atoms. The van der Waals surface area contributed by atoms with Crippen LogP contribution in [0.1, 0.15) is 21.5 Å². The first-order valence-electron chi connectivity index (χ1n) is 11.3. The molecule has 0 saturated carbocycles. The van der Waals surface area contributed by atoms with Gasteiger partial charge in [-0.2, -0.15) is 0 Å². The maximum atomic E-state index is 12.7. The first kappa shape index (κ1) is 24.5. The highest BCUT2D eigenvalue weighted by molar-refractivity contribution is 6.13. The monoisotopic (exact) mass is 484 g/mol. The summed E-state index contributed by atoms with van der Waals surface area (Å²) in [6.07, 6.45) is 8.77. The molecule has 7 heteroatoms. The normalized spacial score (nSPS) is 11.2. The lowest BCUT2D eigenvalue weighted by Gasteiger charge is -2.13. The van der Waals surface area contributed by atoms with E-state index >= 15 is 0 Å².